The molecule has 6 N–H and O–H groups in total. The van der Waals surface area contributed by atoms with Crippen molar-refractivity contribution in [3.8, 4) is 0 Å². The number of ether oxygens (including phenoxy) is 3. The van der Waals surface area contributed by atoms with Crippen LogP contribution in [0.2, 0.25) is 0 Å². The van der Waals surface area contributed by atoms with E-state index in [4.69, 9.17) is 10.5 Å². The van der Waals surface area contributed by atoms with Crippen molar-refractivity contribution in [1.82, 2.24) is 26.2 Å². The zero-order valence-electron chi connectivity index (χ0n) is 51.7. The van der Waals surface area contributed by atoms with Crippen LogP contribution in [0, 0.1) is 64.9 Å². The van der Waals surface area contributed by atoms with E-state index in [9.17, 15) is 79.2 Å². The Labute approximate surface area is 658 Å². The molecule has 7 aromatic rings. The number of alkyl halides is 1. The lowest BCUT2D eigenvalue weighted by atomic mass is 10.1. The average molecular weight is 2140 g/mol. The van der Waals surface area contributed by atoms with E-state index in [-0.39, 0.29) is 75.4 Å². The maximum Gasteiger partial charge on any atom is 0.417 e. The Balaban J connectivity index is 0.000000185. The molecule has 7 aromatic carbocycles. The Hall–Kier alpha value is -5.69. The number of hydrogen-bond donors (Lipinski definition) is 5. The fraction of sp³-hybridized carbons (Fsp3) is 0.206. The number of carbonyl (C=O) groups is 8. The van der Waals surface area contributed by atoms with E-state index < -0.39 is 63.5 Å². The van der Waals surface area contributed by atoms with Gasteiger partial charge in [-0.25, -0.2) is 45.6 Å². The molecule has 20 nitrogen and oxygen atoms in total. The number of nitrogens with zero attached hydrogens (tertiary/aromatic N) is 2. The number of rotatable bonds is 4. The average Bonchev–Trinajstić information content (AvgIpc) is 1.60. The van der Waals surface area contributed by atoms with Crippen LogP contribution in [-0.4, -0.2) is 77.2 Å². The number of anilines is 1. The molecule has 5 aliphatic rings. The highest BCUT2D eigenvalue weighted by Crippen LogP contribution is 2.38. The number of carbonyl (C=O) groups excluding carboxylic acids is 8. The first kappa shape index (κ1) is 83.3. The SMILES string of the molecule is CC(C)(C)OC(=O)N1Cc2c(I)c(F)cc(Br)c2C1=O.COC(=O)c1c(Br)cc(F)cc1CBr.COC(=O)c1c(C)cc(F)cc1Br.Nc1c(F)cc(Br)c2c1CNC2=O.O=C1NCc2c(I)c(F)cc(Br)c21.O=C1NCc2c1c(Br)cc(F)c2[N+](=O)[O-].O=C1NCc2cc(F)cc(Br)c21. The predicted molar refractivity (Wildman–Crippen MR) is 396 cm³/mol. The molecule has 37 heteroatoms. The van der Waals surface area contributed by atoms with E-state index >= 15 is 0 Å². The number of nitrogens with one attached hydrogen (secondary N) is 4. The molecule has 0 aliphatic carbocycles. The summed E-state index contributed by atoms with van der Waals surface area (Å²) in [6.45, 7) is 7.97. The number of hydrogen-bond acceptors (Lipinski definition) is 14. The van der Waals surface area contributed by atoms with Crippen LogP contribution in [0.3, 0.4) is 0 Å². The van der Waals surface area contributed by atoms with E-state index in [1.807, 2.05) is 45.2 Å². The van der Waals surface area contributed by atoms with Crippen molar-refractivity contribution in [3.05, 3.63) is 228 Å². The van der Waals surface area contributed by atoms with Gasteiger partial charge in [0.25, 0.3) is 29.5 Å². The lowest BCUT2D eigenvalue weighted by Crippen LogP contribution is -2.36. The summed E-state index contributed by atoms with van der Waals surface area (Å²) < 4.78 is 110. The Morgan fingerprint density at radius 2 is 0.950 bits per heavy atom. The number of nitro groups is 1. The van der Waals surface area contributed by atoms with Crippen LogP contribution in [0.15, 0.2) is 92.0 Å². The second-order valence-corrected chi connectivity index (χ2v) is 30.3. The molecule has 0 spiro atoms. The fourth-order valence-electron chi connectivity index (χ4n) is 9.48. The molecular formula is C63H46Br8F7I2N7O13. The minimum atomic E-state index is -0.942. The van der Waals surface area contributed by atoms with E-state index in [1.54, 1.807) is 27.7 Å². The van der Waals surface area contributed by atoms with Gasteiger partial charge in [-0.3, -0.25) is 34.1 Å². The molecule has 0 atom stereocenters. The molecule has 0 saturated heterocycles. The van der Waals surface area contributed by atoms with Crippen LogP contribution in [-0.2, 0) is 52.3 Å². The van der Waals surface area contributed by atoms with Gasteiger partial charge in [0.2, 0.25) is 5.82 Å². The number of fused-ring (bicyclic) bond motifs is 5. The van der Waals surface area contributed by atoms with Crippen LogP contribution in [0.5, 0.6) is 0 Å². The molecule has 5 heterocycles. The fourth-order valence-corrected chi connectivity index (χ4v) is 15.6. The number of imide groups is 1. The third-order valence-corrected chi connectivity index (χ3v) is 21.2. The molecular weight excluding hydrogens is 2090 g/mol. The third-order valence-electron chi connectivity index (χ3n) is 13.9. The number of aryl methyl sites for hydroxylation is 1. The number of nitrogen functional groups attached to an aromatic ring is 1. The first-order valence-corrected chi connectivity index (χ1v) is 36.6. The Kier molecular flexibility index (Phi) is 29.7. The zero-order valence-corrected chi connectivity index (χ0v) is 68.7. The summed E-state index contributed by atoms with van der Waals surface area (Å²) in [6.07, 6.45) is -0.721. The largest absolute Gasteiger partial charge is 0.465 e. The first-order valence-electron chi connectivity index (χ1n) is 27.8. The molecule has 0 radical (unpaired) electrons. The number of halogens is 17. The summed E-state index contributed by atoms with van der Waals surface area (Å²) in [4.78, 5) is 103. The molecule has 0 aromatic heterocycles. The normalized spacial score (nSPS) is 13.0. The van der Waals surface area contributed by atoms with Gasteiger partial charge in [-0.2, -0.15) is 4.39 Å². The second-order valence-electron chi connectivity index (χ2n) is 21.6. The van der Waals surface area contributed by atoms with Gasteiger partial charge >= 0.3 is 23.7 Å². The Morgan fingerprint density at radius 1 is 0.550 bits per heavy atom. The highest BCUT2D eigenvalue weighted by atomic mass is 127. The van der Waals surface area contributed by atoms with Gasteiger partial charge < -0.3 is 41.2 Å². The minimum Gasteiger partial charge on any atom is -0.465 e. The minimum absolute atomic E-state index is 0.0131. The number of nitro benzene ring substituents is 1. The molecule has 12 rings (SSSR count). The molecule has 530 valence electrons. The van der Waals surface area contributed by atoms with Gasteiger partial charge in [-0.15, -0.1) is 0 Å². The molecule has 5 aliphatic heterocycles. The van der Waals surface area contributed by atoms with E-state index in [2.05, 4.69) is 158 Å². The molecule has 6 amide bonds. The highest BCUT2D eigenvalue weighted by Gasteiger charge is 2.39. The van der Waals surface area contributed by atoms with Crippen LogP contribution in [0.1, 0.15) is 132 Å². The standard InChI is InChI=1S/C13H12BrFINO3.C9H7Br2FO2.C9H8BrFO2.C8H4BrFINO.C8H4BrFN2O3.C8H6BrFN2O.C8H5BrFNO/c1-13(2,3)20-12(19)17-5-6-9(11(17)18)7(14)4-8(15)10(6)16;1-14-9(13)8-5(4-10)2-6(12)3-7(8)11;1-5-3-6(11)4-7(10)8(5)9(12)13-2;9-4-1-5(10)7(11)3-2-12-8(13)6(3)4;9-4-1-5(10)7(12(14)15)3-2-11-8(13)6(3)4;9-4-1-5(10)7(11)3-2-12-8(13)6(3)4;9-6-2-5(10)1-4-3-11-8(12)7(4)6/h4H,5H2,1-3H3;2-3H,4H2,1H3;3-4H,1-2H3;1H,2H2,(H,12,13);1H,2H2,(H,11,13);1H,2,11H2,(H,12,13);1-2H,3H2,(H,11,12). The van der Waals surface area contributed by atoms with Crippen LogP contribution >= 0.6 is 173 Å². The summed E-state index contributed by atoms with van der Waals surface area (Å²) in [5, 5.41) is 21.3. The van der Waals surface area contributed by atoms with Crippen molar-refractivity contribution in [2.24, 2.45) is 0 Å². The number of benzene rings is 7. The van der Waals surface area contributed by atoms with Crippen molar-refractivity contribution in [1.29, 1.82) is 0 Å². The number of esters is 2. The van der Waals surface area contributed by atoms with Crippen LogP contribution in [0.25, 0.3) is 0 Å². The maximum absolute atomic E-state index is 13.7. The monoisotopic (exact) mass is 2130 g/mol. The maximum atomic E-state index is 13.7. The predicted octanol–water partition coefficient (Wildman–Crippen LogP) is 17.5. The highest BCUT2D eigenvalue weighted by molar-refractivity contribution is 14.1. The van der Waals surface area contributed by atoms with Crippen molar-refractivity contribution in [2.75, 3.05) is 20.0 Å². The smallest absolute Gasteiger partial charge is 0.417 e. The van der Waals surface area contributed by atoms with Gasteiger partial charge in [0.1, 0.15) is 40.5 Å². The topological polar surface area (TPSA) is 285 Å². The quantitative estimate of drug-likeness (QED) is 0.0126. The van der Waals surface area contributed by atoms with Gasteiger partial charge in [-0.05, 0) is 262 Å². The van der Waals surface area contributed by atoms with Gasteiger partial charge in [0, 0.05) is 73.0 Å². The molecule has 0 unspecified atom stereocenters. The van der Waals surface area contributed by atoms with E-state index in [1.165, 1.54) is 68.8 Å². The summed E-state index contributed by atoms with van der Waals surface area (Å²) in [5.74, 6) is -5.59. The molecule has 0 saturated carbocycles. The summed E-state index contributed by atoms with van der Waals surface area (Å²) in [6, 6.07) is 12.4. The second kappa shape index (κ2) is 35.7. The third kappa shape index (κ3) is 19.8. The Bertz CT molecular complexity index is 4480. The van der Waals surface area contributed by atoms with Crippen molar-refractivity contribution in [3.63, 3.8) is 0 Å². The number of methoxy groups -OCH3 is 2. The molecule has 0 fully saturated rings. The van der Waals surface area contributed by atoms with Crippen molar-refractivity contribution in [2.45, 2.75) is 71.3 Å². The summed E-state index contributed by atoms with van der Waals surface area (Å²) >= 11 is 28.7. The lowest BCUT2D eigenvalue weighted by molar-refractivity contribution is -0.388. The lowest BCUT2D eigenvalue weighted by Gasteiger charge is -2.23. The number of amides is 6. The van der Waals surface area contributed by atoms with Crippen molar-refractivity contribution >= 4 is 232 Å². The van der Waals surface area contributed by atoms with E-state index in [0.717, 1.165) is 16.5 Å². The number of nitrogens with two attached hydrogens (primary N) is 1. The first-order chi connectivity index (χ1) is 46.7. The summed E-state index contributed by atoms with van der Waals surface area (Å²) in [5.41, 5.74) is 10.7. The molecule has 0 bridgehead atoms. The molecule has 100 heavy (non-hydrogen) atoms. The van der Waals surface area contributed by atoms with Gasteiger partial charge in [0.15, 0.2) is 0 Å². The Morgan fingerprint density at radius 3 is 1.46 bits per heavy atom. The van der Waals surface area contributed by atoms with Crippen LogP contribution in [0.4, 0.5) is 46.9 Å². The van der Waals surface area contributed by atoms with Gasteiger partial charge in [0.05, 0.1) is 89.6 Å². The zero-order chi connectivity index (χ0) is 75.0. The van der Waals surface area contributed by atoms with E-state index in [0.29, 0.717) is 120 Å². The van der Waals surface area contributed by atoms with Gasteiger partial charge in [-0.1, -0.05) is 15.9 Å². The van der Waals surface area contributed by atoms with Crippen molar-refractivity contribution < 1.29 is 88.2 Å². The van der Waals surface area contributed by atoms with Crippen LogP contribution < -0.4 is 27.0 Å². The summed E-state index contributed by atoms with van der Waals surface area (Å²) in [7, 11) is 2.58.